The van der Waals surface area contributed by atoms with Crippen LogP contribution in [-0.2, 0) is 43.2 Å². The van der Waals surface area contributed by atoms with Gasteiger partial charge in [-0.3, -0.25) is 48.1 Å². The second kappa shape index (κ2) is 23.4. The number of nitrogens with two attached hydrogens (primary N) is 4. The fraction of sp³-hybridized carbons (Fsp3) is 0.655. The van der Waals surface area contributed by atoms with Crippen LogP contribution in [0.15, 0.2) is 4.99 Å². The predicted molar refractivity (Wildman–Crippen MR) is 190 cm³/mol. The highest BCUT2D eigenvalue weighted by Crippen LogP contribution is 2.18. The zero-order valence-electron chi connectivity index (χ0n) is 29.5. The molecule has 25 heteroatoms. The Labute approximate surface area is 314 Å². The van der Waals surface area contributed by atoms with Gasteiger partial charge in [-0.2, -0.15) is 12.6 Å². The first-order valence-corrected chi connectivity index (χ1v) is 17.2. The van der Waals surface area contributed by atoms with E-state index in [1.807, 2.05) is 0 Å². The third-order valence-corrected chi connectivity index (χ3v) is 8.17. The molecule has 54 heavy (non-hydrogen) atoms. The average molecular weight is 791 g/mol. The highest BCUT2D eigenvalue weighted by Gasteiger charge is 2.36. The van der Waals surface area contributed by atoms with E-state index in [0.29, 0.717) is 6.42 Å². The lowest BCUT2D eigenvalue weighted by atomic mass is 10.1. The molecule has 1 aliphatic heterocycles. The highest BCUT2D eigenvalue weighted by molar-refractivity contribution is 7.80. The Balaban J connectivity index is 2.90. The number of aliphatic hydroxyl groups is 2. The molecule has 0 radical (unpaired) electrons. The van der Waals surface area contributed by atoms with E-state index in [-0.39, 0.29) is 44.1 Å². The zero-order chi connectivity index (χ0) is 41.1. The number of amides is 8. The number of thiol groups is 1. The van der Waals surface area contributed by atoms with Crippen LogP contribution in [0.4, 0.5) is 0 Å². The molecule has 0 aromatic carbocycles. The van der Waals surface area contributed by atoms with Gasteiger partial charge in [0.1, 0.15) is 36.3 Å². The van der Waals surface area contributed by atoms with Crippen molar-refractivity contribution < 1.29 is 58.5 Å². The summed E-state index contributed by atoms with van der Waals surface area (Å²) in [5.41, 5.74) is 21.3. The number of guanidine groups is 1. The number of aliphatic imine (C=N–C) groups is 1. The van der Waals surface area contributed by atoms with Crippen molar-refractivity contribution in [3.8, 4) is 0 Å². The largest absolute Gasteiger partial charge is 0.481 e. The van der Waals surface area contributed by atoms with Crippen molar-refractivity contribution in [2.75, 3.05) is 38.5 Å². The Hall–Kier alpha value is -5.27. The zero-order valence-corrected chi connectivity index (χ0v) is 30.4. The lowest BCUT2D eigenvalue weighted by Gasteiger charge is -2.27. The molecule has 7 atom stereocenters. The maximum absolute atomic E-state index is 13.4. The molecular formula is C29H50N12O12S. The minimum absolute atomic E-state index is 0.0271. The van der Waals surface area contributed by atoms with Crippen LogP contribution in [0.5, 0.6) is 0 Å². The second-order valence-electron chi connectivity index (χ2n) is 12.1. The Morgan fingerprint density at radius 3 is 2.02 bits per heavy atom. The molecule has 0 saturated carbocycles. The second-order valence-corrected chi connectivity index (χ2v) is 12.4. The normalized spacial score (nSPS) is 16.9. The van der Waals surface area contributed by atoms with Crippen molar-refractivity contribution in [3.63, 3.8) is 0 Å². The van der Waals surface area contributed by atoms with E-state index >= 15 is 0 Å². The van der Waals surface area contributed by atoms with Gasteiger partial charge in [0.15, 0.2) is 5.96 Å². The van der Waals surface area contributed by atoms with Crippen LogP contribution >= 0.6 is 12.6 Å². The Morgan fingerprint density at radius 2 is 1.46 bits per heavy atom. The van der Waals surface area contributed by atoms with Gasteiger partial charge < -0.3 is 75.1 Å². The SMILES string of the molecule is C[C@@H](O)[C@H](N)C(=O)N[C@@H](CO)C(=O)N[C@@H](CS)C(=O)NCC(=O)N1CCC[C@H]1C(=O)N[C@@H](CCCN=C(N)N)C(=O)NCC(=O)N[C@@H](CC(=O)O)C(N)=O. The molecule has 304 valence electrons. The number of nitrogens with one attached hydrogen (secondary N) is 6. The summed E-state index contributed by atoms with van der Waals surface area (Å²) in [6.07, 6.45) is -1.31. The van der Waals surface area contributed by atoms with Gasteiger partial charge in [-0.1, -0.05) is 0 Å². The topological polar surface area (TPSA) is 406 Å². The summed E-state index contributed by atoms with van der Waals surface area (Å²) < 4.78 is 0. The number of carboxylic acids is 1. The van der Waals surface area contributed by atoms with Crippen molar-refractivity contribution in [1.29, 1.82) is 0 Å². The molecule has 1 heterocycles. The number of aliphatic carboxylic acids is 1. The molecule has 17 N–H and O–H groups in total. The summed E-state index contributed by atoms with van der Waals surface area (Å²) in [4.78, 5) is 117. The van der Waals surface area contributed by atoms with Crippen LogP contribution in [0.2, 0.25) is 0 Å². The molecule has 1 saturated heterocycles. The van der Waals surface area contributed by atoms with Gasteiger partial charge >= 0.3 is 5.97 Å². The Bertz CT molecular complexity index is 1410. The number of nitrogens with zero attached hydrogens (tertiary/aromatic N) is 2. The summed E-state index contributed by atoms with van der Waals surface area (Å²) in [5.74, 6) is -8.97. The summed E-state index contributed by atoms with van der Waals surface area (Å²) in [7, 11) is 0. The maximum atomic E-state index is 13.4. The third-order valence-electron chi connectivity index (χ3n) is 7.80. The molecule has 1 aliphatic rings. The molecule has 0 spiro atoms. The summed E-state index contributed by atoms with van der Waals surface area (Å²) in [5, 5.41) is 41.7. The van der Waals surface area contributed by atoms with Crippen LogP contribution in [0.25, 0.3) is 0 Å². The molecule has 0 aromatic rings. The van der Waals surface area contributed by atoms with Crippen molar-refractivity contribution in [2.24, 2.45) is 27.9 Å². The van der Waals surface area contributed by atoms with E-state index in [0.717, 1.165) is 0 Å². The van der Waals surface area contributed by atoms with Crippen LogP contribution in [0.1, 0.15) is 39.0 Å². The van der Waals surface area contributed by atoms with E-state index in [1.165, 1.54) is 11.8 Å². The van der Waals surface area contributed by atoms with Gasteiger partial charge in [-0.15, -0.1) is 0 Å². The van der Waals surface area contributed by atoms with Crippen LogP contribution in [0, 0.1) is 0 Å². The number of likely N-dealkylation sites (tertiary alicyclic amines) is 1. The van der Waals surface area contributed by atoms with E-state index < -0.39 is 122 Å². The minimum Gasteiger partial charge on any atom is -0.481 e. The van der Waals surface area contributed by atoms with Gasteiger partial charge in [0.2, 0.25) is 47.3 Å². The number of hydrogen-bond acceptors (Lipinski definition) is 14. The van der Waals surface area contributed by atoms with Gasteiger partial charge in [0.05, 0.1) is 32.2 Å². The molecule has 1 fully saturated rings. The highest BCUT2D eigenvalue weighted by atomic mass is 32.1. The molecule has 0 aliphatic carbocycles. The van der Waals surface area contributed by atoms with Crippen molar-refractivity contribution in [1.82, 2.24) is 36.8 Å². The number of hydrogen-bond donors (Lipinski definition) is 14. The minimum atomic E-state index is -1.54. The van der Waals surface area contributed by atoms with Gasteiger partial charge in [-0.25, -0.2) is 0 Å². The van der Waals surface area contributed by atoms with E-state index in [1.54, 1.807) is 0 Å². The van der Waals surface area contributed by atoms with E-state index in [9.17, 15) is 53.4 Å². The van der Waals surface area contributed by atoms with E-state index in [4.69, 9.17) is 28.0 Å². The van der Waals surface area contributed by atoms with Crippen molar-refractivity contribution in [2.45, 2.75) is 81.4 Å². The van der Waals surface area contributed by atoms with Crippen molar-refractivity contribution >= 4 is 71.8 Å². The van der Waals surface area contributed by atoms with Crippen LogP contribution < -0.4 is 54.8 Å². The standard InChI is InChI=1S/C29H50N12O12S/c1-13(43)22(30)28(53)39-16(11-42)26(51)40-17(12-54)25(50)36-10-20(45)41-7-3-5-18(41)27(52)38-14(4-2-6-34-29(32)33)24(49)35-9-19(44)37-15(23(31)48)8-21(46)47/h13-18,22,42-43,54H,2-12,30H2,1H3,(H2,31,48)(H,35,49)(H,36,50)(H,37,44)(H,38,52)(H,39,53)(H,40,51)(H,46,47)(H4,32,33,34)/t13-,14+,15+,16+,17+,18+,22+/m1/s1. The molecule has 1 rings (SSSR count). The first kappa shape index (κ1) is 46.8. The monoisotopic (exact) mass is 790 g/mol. The predicted octanol–water partition coefficient (Wildman–Crippen LogP) is -8.21. The molecular weight excluding hydrogens is 740 g/mol. The number of carbonyl (C=O) groups is 9. The summed E-state index contributed by atoms with van der Waals surface area (Å²) >= 11 is 4.04. The molecule has 8 amide bonds. The molecule has 24 nitrogen and oxygen atoms in total. The summed E-state index contributed by atoms with van der Waals surface area (Å²) in [6.45, 7) is -0.759. The first-order chi connectivity index (χ1) is 25.3. The number of rotatable bonds is 23. The molecule has 0 bridgehead atoms. The molecule has 0 unspecified atom stereocenters. The maximum Gasteiger partial charge on any atom is 0.305 e. The quantitative estimate of drug-likeness (QED) is 0.0198. The van der Waals surface area contributed by atoms with Crippen LogP contribution in [-0.4, -0.2) is 160 Å². The lowest BCUT2D eigenvalue weighted by molar-refractivity contribution is -0.140. The Morgan fingerprint density at radius 1 is 0.852 bits per heavy atom. The fourth-order valence-electron chi connectivity index (χ4n) is 4.85. The average Bonchev–Trinajstić information content (AvgIpc) is 3.61. The van der Waals surface area contributed by atoms with Crippen LogP contribution in [0.3, 0.4) is 0 Å². The fourth-order valence-corrected chi connectivity index (χ4v) is 5.10. The van der Waals surface area contributed by atoms with Gasteiger partial charge in [0.25, 0.3) is 0 Å². The number of carboxylic acid groups (broad SMARTS) is 1. The number of carbonyl (C=O) groups excluding carboxylic acids is 8. The smallest absolute Gasteiger partial charge is 0.305 e. The first-order valence-electron chi connectivity index (χ1n) is 16.6. The lowest BCUT2D eigenvalue weighted by Crippen LogP contribution is -2.59. The summed E-state index contributed by atoms with van der Waals surface area (Å²) in [6, 6.07) is -8.14. The van der Waals surface area contributed by atoms with E-state index in [2.05, 4.69) is 49.5 Å². The molecule has 0 aromatic heterocycles. The third kappa shape index (κ3) is 16.2. The van der Waals surface area contributed by atoms with Gasteiger partial charge in [-0.05, 0) is 32.6 Å². The van der Waals surface area contributed by atoms with Crippen molar-refractivity contribution in [3.05, 3.63) is 0 Å². The Kier molecular flexibility index (Phi) is 20.3. The van der Waals surface area contributed by atoms with Gasteiger partial charge in [0, 0.05) is 18.8 Å². The number of aliphatic hydroxyl groups excluding tert-OH is 2. The number of primary amides is 1.